The molecular formula is C7H7FN4OS. The van der Waals surface area contributed by atoms with Crippen molar-refractivity contribution >= 4 is 16.3 Å². The first kappa shape index (κ1) is 9.22. The van der Waals surface area contributed by atoms with Crippen LogP contribution in [-0.2, 0) is 6.54 Å². The molecule has 2 heterocycles. The SMILES string of the molecule is Cc1nc2sc(CN)nn2c(=O)c1F. The van der Waals surface area contributed by atoms with Gasteiger partial charge in [0.1, 0.15) is 5.01 Å². The van der Waals surface area contributed by atoms with Gasteiger partial charge in [-0.3, -0.25) is 4.79 Å². The molecule has 0 spiro atoms. The molecule has 0 saturated carbocycles. The fourth-order valence-electron chi connectivity index (χ4n) is 1.05. The van der Waals surface area contributed by atoms with Crippen molar-refractivity contribution in [3.8, 4) is 0 Å². The van der Waals surface area contributed by atoms with Gasteiger partial charge in [0.25, 0.3) is 0 Å². The Bertz CT molecular complexity index is 546. The predicted octanol–water partition coefficient (Wildman–Crippen LogP) is 0.0572. The normalized spacial score (nSPS) is 11.1. The van der Waals surface area contributed by atoms with Crippen LogP contribution in [0.4, 0.5) is 4.39 Å². The lowest BCUT2D eigenvalue weighted by atomic mass is 10.4. The topological polar surface area (TPSA) is 73.3 Å². The van der Waals surface area contributed by atoms with Gasteiger partial charge < -0.3 is 5.73 Å². The molecule has 2 N–H and O–H groups in total. The van der Waals surface area contributed by atoms with Gasteiger partial charge in [-0.15, -0.1) is 0 Å². The minimum absolute atomic E-state index is 0.0854. The summed E-state index contributed by atoms with van der Waals surface area (Å²) < 4.78 is 14.1. The van der Waals surface area contributed by atoms with Crippen molar-refractivity contribution in [3.05, 3.63) is 26.9 Å². The summed E-state index contributed by atoms with van der Waals surface area (Å²) in [4.78, 5) is 15.6. The molecule has 2 aromatic rings. The average Bonchev–Trinajstić information content (AvgIpc) is 2.57. The number of hydrogen-bond donors (Lipinski definition) is 1. The second kappa shape index (κ2) is 3.10. The van der Waals surface area contributed by atoms with Crippen LogP contribution in [0.5, 0.6) is 0 Å². The minimum Gasteiger partial charge on any atom is -0.324 e. The average molecular weight is 214 g/mol. The highest BCUT2D eigenvalue weighted by Gasteiger charge is 2.12. The van der Waals surface area contributed by atoms with E-state index in [-0.39, 0.29) is 12.2 Å². The van der Waals surface area contributed by atoms with Gasteiger partial charge in [-0.1, -0.05) is 11.3 Å². The molecule has 5 nitrogen and oxygen atoms in total. The lowest BCUT2D eigenvalue weighted by Crippen LogP contribution is -2.20. The molecular weight excluding hydrogens is 207 g/mol. The lowest BCUT2D eigenvalue weighted by molar-refractivity contribution is 0.578. The Kier molecular flexibility index (Phi) is 2.05. The van der Waals surface area contributed by atoms with Gasteiger partial charge in [0.15, 0.2) is 0 Å². The van der Waals surface area contributed by atoms with Gasteiger partial charge in [0.05, 0.1) is 5.69 Å². The molecule has 0 aliphatic rings. The molecule has 0 fully saturated rings. The number of hydrogen-bond acceptors (Lipinski definition) is 5. The molecule has 0 unspecified atom stereocenters. The van der Waals surface area contributed by atoms with E-state index in [2.05, 4.69) is 10.1 Å². The van der Waals surface area contributed by atoms with Gasteiger partial charge in [-0.25, -0.2) is 4.98 Å². The molecule has 2 rings (SSSR count). The Balaban J connectivity index is 2.88. The zero-order valence-electron chi connectivity index (χ0n) is 7.32. The molecule has 7 heteroatoms. The highest BCUT2D eigenvalue weighted by Crippen LogP contribution is 2.11. The zero-order chi connectivity index (χ0) is 10.3. The zero-order valence-corrected chi connectivity index (χ0v) is 8.14. The molecule has 0 radical (unpaired) electrons. The van der Waals surface area contributed by atoms with E-state index in [0.29, 0.717) is 9.97 Å². The highest BCUT2D eigenvalue weighted by atomic mass is 32.1. The van der Waals surface area contributed by atoms with E-state index >= 15 is 0 Å². The van der Waals surface area contributed by atoms with E-state index in [1.165, 1.54) is 18.3 Å². The van der Waals surface area contributed by atoms with Crippen LogP contribution < -0.4 is 11.3 Å². The highest BCUT2D eigenvalue weighted by molar-refractivity contribution is 7.16. The Morgan fingerprint density at radius 2 is 2.36 bits per heavy atom. The van der Waals surface area contributed by atoms with Gasteiger partial charge in [0.2, 0.25) is 10.8 Å². The Labute approximate surface area is 82.0 Å². The molecule has 14 heavy (non-hydrogen) atoms. The van der Waals surface area contributed by atoms with Crippen LogP contribution in [0.3, 0.4) is 0 Å². The second-order valence-electron chi connectivity index (χ2n) is 2.71. The molecule has 0 atom stereocenters. The van der Waals surface area contributed by atoms with Crippen molar-refractivity contribution in [3.63, 3.8) is 0 Å². The molecule has 0 bridgehead atoms. The van der Waals surface area contributed by atoms with Gasteiger partial charge >= 0.3 is 5.56 Å². The van der Waals surface area contributed by atoms with E-state index in [9.17, 15) is 9.18 Å². The molecule has 0 aliphatic heterocycles. The Morgan fingerprint density at radius 3 is 3.00 bits per heavy atom. The fourth-order valence-corrected chi connectivity index (χ4v) is 1.86. The Hall–Kier alpha value is -1.34. The maximum Gasteiger partial charge on any atom is 0.311 e. The standard InChI is InChI=1S/C7H7FN4OS/c1-3-5(8)6(13)12-7(10-3)14-4(2-9)11-12/h2,9H2,1H3. The van der Waals surface area contributed by atoms with Crippen molar-refractivity contribution < 1.29 is 4.39 Å². The van der Waals surface area contributed by atoms with E-state index in [1.54, 1.807) is 0 Å². The summed E-state index contributed by atoms with van der Waals surface area (Å²) in [6.07, 6.45) is 0. The monoisotopic (exact) mass is 214 g/mol. The number of fused-ring (bicyclic) bond motifs is 1. The lowest BCUT2D eigenvalue weighted by Gasteiger charge is -1.93. The first-order valence-corrected chi connectivity index (χ1v) is 4.70. The first-order valence-electron chi connectivity index (χ1n) is 3.88. The summed E-state index contributed by atoms with van der Waals surface area (Å²) in [7, 11) is 0. The van der Waals surface area contributed by atoms with Crippen LogP contribution in [0.1, 0.15) is 10.7 Å². The number of rotatable bonds is 1. The van der Waals surface area contributed by atoms with Crippen molar-refractivity contribution in [1.29, 1.82) is 0 Å². The van der Waals surface area contributed by atoms with E-state index < -0.39 is 11.4 Å². The van der Waals surface area contributed by atoms with E-state index in [0.717, 1.165) is 4.52 Å². The molecule has 2 aromatic heterocycles. The summed E-state index contributed by atoms with van der Waals surface area (Å²) in [5.41, 5.74) is 4.66. The van der Waals surface area contributed by atoms with Gasteiger partial charge in [0, 0.05) is 6.54 Å². The van der Waals surface area contributed by atoms with Crippen LogP contribution in [0.15, 0.2) is 4.79 Å². The van der Waals surface area contributed by atoms with Crippen molar-refractivity contribution in [2.45, 2.75) is 13.5 Å². The van der Waals surface area contributed by atoms with Crippen LogP contribution in [-0.4, -0.2) is 14.6 Å². The van der Waals surface area contributed by atoms with Crippen molar-refractivity contribution in [1.82, 2.24) is 14.6 Å². The number of nitrogens with zero attached hydrogens (tertiary/aromatic N) is 3. The number of aryl methyl sites for hydroxylation is 1. The largest absolute Gasteiger partial charge is 0.324 e. The molecule has 0 aromatic carbocycles. The smallest absolute Gasteiger partial charge is 0.311 e. The number of aromatic nitrogens is 3. The second-order valence-corrected chi connectivity index (χ2v) is 3.75. The third-order valence-electron chi connectivity index (χ3n) is 1.74. The van der Waals surface area contributed by atoms with Gasteiger partial charge in [-0.2, -0.15) is 14.0 Å². The summed E-state index contributed by atoms with van der Waals surface area (Å²) in [5, 5.41) is 4.38. The minimum atomic E-state index is -0.864. The third-order valence-corrected chi connectivity index (χ3v) is 2.67. The fraction of sp³-hybridized carbons (Fsp3) is 0.286. The maximum absolute atomic E-state index is 13.1. The van der Waals surface area contributed by atoms with Crippen LogP contribution >= 0.6 is 11.3 Å². The molecule has 0 saturated heterocycles. The van der Waals surface area contributed by atoms with E-state index in [4.69, 9.17) is 5.73 Å². The maximum atomic E-state index is 13.1. The van der Waals surface area contributed by atoms with Crippen LogP contribution in [0.25, 0.3) is 4.96 Å². The molecule has 0 aliphatic carbocycles. The van der Waals surface area contributed by atoms with Crippen molar-refractivity contribution in [2.24, 2.45) is 5.73 Å². The third kappa shape index (κ3) is 1.21. The quantitative estimate of drug-likeness (QED) is 0.728. The van der Waals surface area contributed by atoms with E-state index in [1.807, 2.05) is 0 Å². The first-order chi connectivity index (χ1) is 6.63. The summed E-state index contributed by atoms with van der Waals surface area (Å²) in [5.74, 6) is -0.864. The molecule has 0 amide bonds. The summed E-state index contributed by atoms with van der Waals surface area (Å²) in [6, 6.07) is 0. The number of nitrogens with two attached hydrogens (primary N) is 1. The van der Waals surface area contributed by atoms with Gasteiger partial charge in [-0.05, 0) is 6.92 Å². The van der Waals surface area contributed by atoms with Crippen LogP contribution in [0.2, 0.25) is 0 Å². The summed E-state index contributed by atoms with van der Waals surface area (Å²) in [6.45, 7) is 1.66. The van der Waals surface area contributed by atoms with Crippen molar-refractivity contribution in [2.75, 3.05) is 0 Å². The number of halogens is 1. The molecule has 74 valence electrons. The Morgan fingerprint density at radius 1 is 1.64 bits per heavy atom. The summed E-state index contributed by atoms with van der Waals surface area (Å²) >= 11 is 1.18. The van der Waals surface area contributed by atoms with Crippen LogP contribution in [0, 0.1) is 12.7 Å². The predicted molar refractivity (Wildman–Crippen MR) is 49.7 cm³/mol.